The van der Waals surface area contributed by atoms with Gasteiger partial charge in [0.15, 0.2) is 0 Å². The Bertz CT molecular complexity index is 872. The van der Waals surface area contributed by atoms with Crippen molar-refractivity contribution >= 4 is 21.6 Å². The van der Waals surface area contributed by atoms with Crippen LogP contribution in [0.2, 0.25) is 0 Å². The zero-order chi connectivity index (χ0) is 17.7. The van der Waals surface area contributed by atoms with Crippen molar-refractivity contribution in [1.82, 2.24) is 0 Å². The number of benzene rings is 2. The first-order valence-corrected chi connectivity index (χ1v) is 8.35. The number of rotatable bonds is 6. The van der Waals surface area contributed by atoms with Crippen molar-refractivity contribution in [3.8, 4) is 6.07 Å². The third kappa shape index (κ3) is 3.70. The minimum atomic E-state index is -3.97. The smallest absolute Gasteiger partial charge is 0.264 e. The fraction of sp³-hybridized carbons (Fsp3) is 0.125. The van der Waals surface area contributed by atoms with E-state index in [9.17, 15) is 17.6 Å². The Hall–Kier alpha value is -2.92. The van der Waals surface area contributed by atoms with Crippen LogP contribution in [0.25, 0.3) is 0 Å². The standard InChI is InChI=1S/C16H14FN3O3S/c17-13-4-6-14(7-5-13)20(11-1-10-18)24(22,23)15-8-2-12(3-9-15)16(19)21/h2-9H,1,11H2,(H2,19,21). The predicted molar refractivity (Wildman–Crippen MR) is 86.1 cm³/mol. The van der Waals surface area contributed by atoms with E-state index in [0.29, 0.717) is 0 Å². The molecule has 0 bridgehead atoms. The molecule has 0 saturated carbocycles. The summed E-state index contributed by atoms with van der Waals surface area (Å²) in [4.78, 5) is 11.0. The number of amides is 1. The molecule has 0 aromatic heterocycles. The summed E-state index contributed by atoms with van der Waals surface area (Å²) < 4.78 is 39.7. The molecule has 2 aromatic rings. The van der Waals surface area contributed by atoms with Crippen molar-refractivity contribution in [3.05, 3.63) is 59.9 Å². The number of nitriles is 1. The monoisotopic (exact) mass is 347 g/mol. The molecule has 1 amide bonds. The lowest BCUT2D eigenvalue weighted by Crippen LogP contribution is -2.32. The number of hydrogen-bond acceptors (Lipinski definition) is 4. The summed E-state index contributed by atoms with van der Waals surface area (Å²) in [7, 11) is -3.97. The number of halogens is 1. The van der Waals surface area contributed by atoms with Crippen LogP contribution in [0.15, 0.2) is 53.4 Å². The molecule has 8 heteroatoms. The molecule has 6 nitrogen and oxygen atoms in total. The number of nitrogens with two attached hydrogens (primary N) is 1. The maximum absolute atomic E-state index is 13.1. The second kappa shape index (κ2) is 7.10. The third-order valence-electron chi connectivity index (χ3n) is 3.27. The molecule has 2 N–H and O–H groups in total. The van der Waals surface area contributed by atoms with Crippen LogP contribution in [0, 0.1) is 17.1 Å². The molecule has 0 unspecified atom stereocenters. The first kappa shape index (κ1) is 17.4. The maximum Gasteiger partial charge on any atom is 0.264 e. The van der Waals surface area contributed by atoms with Crippen LogP contribution < -0.4 is 10.0 Å². The number of nitrogens with zero attached hydrogens (tertiary/aromatic N) is 2. The van der Waals surface area contributed by atoms with Gasteiger partial charge in [-0.15, -0.1) is 0 Å². The van der Waals surface area contributed by atoms with Crippen LogP contribution in [0.3, 0.4) is 0 Å². The Balaban J connectivity index is 2.45. The molecule has 0 radical (unpaired) electrons. The van der Waals surface area contributed by atoms with E-state index in [4.69, 9.17) is 11.0 Å². The average molecular weight is 347 g/mol. The summed E-state index contributed by atoms with van der Waals surface area (Å²) in [6.07, 6.45) is -0.0318. The molecule has 0 atom stereocenters. The second-order valence-corrected chi connectivity index (χ2v) is 6.71. The highest BCUT2D eigenvalue weighted by Gasteiger charge is 2.25. The van der Waals surface area contributed by atoms with Crippen molar-refractivity contribution in [1.29, 1.82) is 5.26 Å². The van der Waals surface area contributed by atoms with Gasteiger partial charge in [-0.1, -0.05) is 0 Å². The SMILES string of the molecule is N#CCCN(c1ccc(F)cc1)S(=O)(=O)c1ccc(C(N)=O)cc1. The van der Waals surface area contributed by atoms with E-state index in [1.54, 1.807) is 0 Å². The number of anilines is 1. The molecule has 0 heterocycles. The molecule has 0 aliphatic rings. The number of hydrogen-bond donors (Lipinski definition) is 1. The minimum Gasteiger partial charge on any atom is -0.366 e. The number of carbonyl (C=O) groups is 1. The zero-order valence-corrected chi connectivity index (χ0v) is 13.3. The van der Waals surface area contributed by atoms with Crippen molar-refractivity contribution in [2.75, 3.05) is 10.8 Å². The number of carbonyl (C=O) groups excluding carboxylic acids is 1. The quantitative estimate of drug-likeness (QED) is 0.863. The highest BCUT2D eigenvalue weighted by atomic mass is 32.2. The van der Waals surface area contributed by atoms with Gasteiger partial charge < -0.3 is 5.73 Å². The fourth-order valence-electron chi connectivity index (χ4n) is 2.07. The van der Waals surface area contributed by atoms with Crippen LogP contribution in [-0.2, 0) is 10.0 Å². The van der Waals surface area contributed by atoms with Gasteiger partial charge in [0, 0.05) is 12.1 Å². The summed E-state index contributed by atoms with van der Waals surface area (Å²) in [6.45, 7) is -0.0813. The largest absolute Gasteiger partial charge is 0.366 e. The topological polar surface area (TPSA) is 104 Å². The lowest BCUT2D eigenvalue weighted by atomic mass is 10.2. The van der Waals surface area contributed by atoms with E-state index in [1.807, 2.05) is 6.07 Å². The van der Waals surface area contributed by atoms with E-state index >= 15 is 0 Å². The van der Waals surface area contributed by atoms with E-state index < -0.39 is 21.7 Å². The van der Waals surface area contributed by atoms with Gasteiger partial charge in [-0.3, -0.25) is 9.10 Å². The highest BCUT2D eigenvalue weighted by Crippen LogP contribution is 2.24. The van der Waals surface area contributed by atoms with E-state index in [2.05, 4.69) is 0 Å². The summed E-state index contributed by atoms with van der Waals surface area (Å²) >= 11 is 0. The zero-order valence-electron chi connectivity index (χ0n) is 12.5. The first-order valence-electron chi connectivity index (χ1n) is 6.91. The molecular formula is C16H14FN3O3S. The summed E-state index contributed by atoms with van der Waals surface area (Å²) in [5.74, 6) is -1.17. The van der Waals surface area contributed by atoms with Crippen LogP contribution >= 0.6 is 0 Å². The summed E-state index contributed by atoms with van der Waals surface area (Å²) in [5, 5.41) is 8.76. The van der Waals surface area contributed by atoms with Crippen molar-refractivity contribution in [3.63, 3.8) is 0 Å². The Morgan fingerprint density at radius 2 is 1.71 bits per heavy atom. The van der Waals surface area contributed by atoms with Crippen molar-refractivity contribution < 1.29 is 17.6 Å². The summed E-state index contributed by atoms with van der Waals surface area (Å²) in [5.41, 5.74) is 5.55. The van der Waals surface area contributed by atoms with Gasteiger partial charge in [-0.25, -0.2) is 12.8 Å². The van der Waals surface area contributed by atoms with E-state index in [1.165, 1.54) is 36.4 Å². The molecule has 0 saturated heterocycles. The molecular weight excluding hydrogens is 333 g/mol. The van der Waals surface area contributed by atoms with Gasteiger partial charge in [-0.2, -0.15) is 5.26 Å². The fourth-order valence-corrected chi connectivity index (χ4v) is 3.53. The van der Waals surface area contributed by atoms with Crippen molar-refractivity contribution in [2.24, 2.45) is 5.73 Å². The highest BCUT2D eigenvalue weighted by molar-refractivity contribution is 7.92. The van der Waals surface area contributed by atoms with Gasteiger partial charge in [0.25, 0.3) is 10.0 Å². The van der Waals surface area contributed by atoms with Crippen LogP contribution in [-0.4, -0.2) is 20.9 Å². The van der Waals surface area contributed by atoms with Crippen LogP contribution in [0.1, 0.15) is 16.8 Å². The Morgan fingerprint density at radius 1 is 1.12 bits per heavy atom. The number of primary amides is 1. The van der Waals surface area contributed by atoms with Gasteiger partial charge in [-0.05, 0) is 48.5 Å². The maximum atomic E-state index is 13.1. The van der Waals surface area contributed by atoms with E-state index in [0.717, 1.165) is 16.4 Å². The van der Waals surface area contributed by atoms with E-state index in [-0.39, 0.29) is 29.1 Å². The Labute approximate surface area is 139 Å². The van der Waals surface area contributed by atoms with Crippen LogP contribution in [0.4, 0.5) is 10.1 Å². The molecule has 0 fully saturated rings. The van der Waals surface area contributed by atoms with Gasteiger partial charge in [0.2, 0.25) is 5.91 Å². The minimum absolute atomic E-state index is 0.0318. The predicted octanol–water partition coefficient (Wildman–Crippen LogP) is 2.03. The van der Waals surface area contributed by atoms with Gasteiger partial charge in [0.05, 0.1) is 23.1 Å². The third-order valence-corrected chi connectivity index (χ3v) is 5.11. The first-order chi connectivity index (χ1) is 11.4. The molecule has 124 valence electrons. The molecule has 24 heavy (non-hydrogen) atoms. The lowest BCUT2D eigenvalue weighted by Gasteiger charge is -2.23. The average Bonchev–Trinajstić information content (AvgIpc) is 2.56. The second-order valence-electron chi connectivity index (χ2n) is 4.85. The normalized spacial score (nSPS) is 10.8. The van der Waals surface area contributed by atoms with Crippen LogP contribution in [0.5, 0.6) is 0 Å². The van der Waals surface area contributed by atoms with Gasteiger partial charge >= 0.3 is 0 Å². The molecule has 0 aliphatic carbocycles. The molecule has 2 rings (SSSR count). The molecule has 2 aromatic carbocycles. The Kier molecular flexibility index (Phi) is 5.16. The lowest BCUT2D eigenvalue weighted by molar-refractivity contribution is 0.1000. The van der Waals surface area contributed by atoms with Crippen molar-refractivity contribution in [2.45, 2.75) is 11.3 Å². The van der Waals surface area contributed by atoms with Gasteiger partial charge in [0.1, 0.15) is 5.82 Å². The molecule has 0 spiro atoms. The number of sulfonamides is 1. The Morgan fingerprint density at radius 3 is 2.21 bits per heavy atom. The summed E-state index contributed by atoms with van der Waals surface area (Å²) in [6, 6.07) is 11.9. The molecule has 0 aliphatic heterocycles.